The number of guanidine groups is 1. The summed E-state index contributed by atoms with van der Waals surface area (Å²) in [5.74, 6) is -5.24. The molecule has 40 heavy (non-hydrogen) atoms. The lowest BCUT2D eigenvalue weighted by Gasteiger charge is -2.25. The highest BCUT2D eigenvalue weighted by Crippen LogP contribution is 2.07. The first-order valence-electron chi connectivity index (χ1n) is 12.8. The Morgan fingerprint density at radius 1 is 0.800 bits per heavy atom. The highest BCUT2D eigenvalue weighted by atomic mass is 16.4. The molecule has 0 spiro atoms. The molecular formula is C25H40N8O7. The summed E-state index contributed by atoms with van der Waals surface area (Å²) in [5.41, 5.74) is 22.6. The number of benzene rings is 1. The van der Waals surface area contributed by atoms with E-state index in [2.05, 4.69) is 20.9 Å². The van der Waals surface area contributed by atoms with Gasteiger partial charge in [-0.15, -0.1) is 0 Å². The third kappa shape index (κ3) is 13.5. The zero-order chi connectivity index (χ0) is 30.1. The van der Waals surface area contributed by atoms with Crippen LogP contribution in [0.3, 0.4) is 0 Å². The van der Waals surface area contributed by atoms with Crippen molar-refractivity contribution in [3.05, 3.63) is 35.9 Å². The molecule has 0 heterocycles. The molecular weight excluding hydrogens is 524 g/mol. The van der Waals surface area contributed by atoms with Crippen molar-refractivity contribution < 1.29 is 34.2 Å². The number of carboxylic acids is 2. The molecule has 0 radical (unpaired) electrons. The predicted octanol–water partition coefficient (Wildman–Crippen LogP) is -2.25. The molecule has 4 unspecified atom stereocenters. The molecule has 13 N–H and O–H groups in total. The number of unbranched alkanes of at least 4 members (excludes halogenated alkanes) is 1. The second kappa shape index (κ2) is 18.1. The number of nitrogens with two attached hydrogens (primary N) is 4. The van der Waals surface area contributed by atoms with Gasteiger partial charge in [-0.05, 0) is 44.2 Å². The minimum Gasteiger partial charge on any atom is -0.481 e. The lowest BCUT2D eigenvalue weighted by atomic mass is 10.0. The van der Waals surface area contributed by atoms with E-state index in [1.54, 1.807) is 30.3 Å². The van der Waals surface area contributed by atoms with E-state index in [4.69, 9.17) is 22.9 Å². The van der Waals surface area contributed by atoms with E-state index >= 15 is 0 Å². The SMILES string of the molecule is NCCCCC(NC(=O)C(CC(=O)O)NC(=O)C(N)CCCN=C(N)N)C(=O)NC(Cc1ccccc1)C(=O)O. The molecule has 0 saturated carbocycles. The topological polar surface area (TPSA) is 278 Å². The van der Waals surface area contributed by atoms with Crippen LogP contribution in [0.15, 0.2) is 35.3 Å². The van der Waals surface area contributed by atoms with Gasteiger partial charge in [0.25, 0.3) is 0 Å². The second-order valence-electron chi connectivity index (χ2n) is 9.15. The van der Waals surface area contributed by atoms with Crippen molar-refractivity contribution in [3.63, 3.8) is 0 Å². The standard InChI is InChI=1S/C25H40N8O7/c26-11-5-4-10-17(22(37)33-19(24(39)40)13-15-7-2-1-3-8-15)31-23(38)18(14-20(34)35)32-21(36)16(27)9-6-12-30-25(28)29/h1-3,7-8,16-19H,4-6,9-14,26-27H2,(H,31,38)(H,32,36)(H,33,37)(H,34,35)(H,39,40)(H4,28,29,30). The van der Waals surface area contributed by atoms with Gasteiger partial charge in [0, 0.05) is 13.0 Å². The fourth-order valence-electron chi connectivity index (χ4n) is 3.67. The van der Waals surface area contributed by atoms with Crippen molar-refractivity contribution in [2.75, 3.05) is 13.1 Å². The van der Waals surface area contributed by atoms with Gasteiger partial charge < -0.3 is 49.1 Å². The number of rotatable bonds is 19. The van der Waals surface area contributed by atoms with Gasteiger partial charge in [-0.25, -0.2) is 4.79 Å². The second-order valence-corrected chi connectivity index (χ2v) is 9.15. The van der Waals surface area contributed by atoms with Crippen LogP contribution in [0.1, 0.15) is 44.1 Å². The van der Waals surface area contributed by atoms with Gasteiger partial charge in [-0.1, -0.05) is 30.3 Å². The van der Waals surface area contributed by atoms with E-state index in [-0.39, 0.29) is 31.8 Å². The normalized spacial score (nSPS) is 13.7. The van der Waals surface area contributed by atoms with Gasteiger partial charge in [0.2, 0.25) is 17.7 Å². The van der Waals surface area contributed by atoms with Crippen molar-refractivity contribution in [1.82, 2.24) is 16.0 Å². The van der Waals surface area contributed by atoms with Crippen molar-refractivity contribution >= 4 is 35.6 Å². The van der Waals surface area contributed by atoms with Crippen LogP contribution in [0, 0.1) is 0 Å². The van der Waals surface area contributed by atoms with Crippen LogP contribution >= 0.6 is 0 Å². The van der Waals surface area contributed by atoms with Crippen LogP contribution in [-0.2, 0) is 30.4 Å². The maximum atomic E-state index is 13.1. The molecule has 0 aliphatic rings. The van der Waals surface area contributed by atoms with Gasteiger partial charge in [0.1, 0.15) is 18.1 Å². The summed E-state index contributed by atoms with van der Waals surface area (Å²) < 4.78 is 0. The van der Waals surface area contributed by atoms with Crippen LogP contribution in [0.25, 0.3) is 0 Å². The third-order valence-electron chi connectivity index (χ3n) is 5.79. The van der Waals surface area contributed by atoms with E-state index in [0.29, 0.717) is 31.4 Å². The minimum atomic E-state index is -1.54. The number of carbonyl (C=O) groups is 5. The zero-order valence-corrected chi connectivity index (χ0v) is 22.3. The molecule has 222 valence electrons. The van der Waals surface area contributed by atoms with Crippen LogP contribution < -0.4 is 38.9 Å². The summed E-state index contributed by atoms with van der Waals surface area (Å²) in [6.07, 6.45) is 0.791. The van der Waals surface area contributed by atoms with Crippen LogP contribution in [0.5, 0.6) is 0 Å². The number of nitrogens with one attached hydrogen (secondary N) is 3. The molecule has 1 aromatic rings. The molecule has 0 aliphatic carbocycles. The van der Waals surface area contributed by atoms with E-state index in [0.717, 1.165) is 0 Å². The number of carbonyl (C=O) groups excluding carboxylic acids is 3. The van der Waals surface area contributed by atoms with Crippen molar-refractivity contribution in [2.24, 2.45) is 27.9 Å². The third-order valence-corrected chi connectivity index (χ3v) is 5.79. The van der Waals surface area contributed by atoms with Crippen molar-refractivity contribution in [3.8, 4) is 0 Å². The quantitative estimate of drug-likeness (QED) is 0.0491. The Labute approximate surface area is 232 Å². The first-order chi connectivity index (χ1) is 18.9. The first kappa shape index (κ1) is 33.8. The highest BCUT2D eigenvalue weighted by Gasteiger charge is 2.31. The molecule has 0 bridgehead atoms. The maximum Gasteiger partial charge on any atom is 0.326 e. The van der Waals surface area contributed by atoms with Crippen LogP contribution in [0.2, 0.25) is 0 Å². The number of aliphatic carboxylic acids is 2. The minimum absolute atomic E-state index is 0.00412. The Balaban J connectivity index is 2.96. The monoisotopic (exact) mass is 564 g/mol. The van der Waals surface area contributed by atoms with Gasteiger partial charge in [0.05, 0.1) is 12.5 Å². The Kier molecular flexibility index (Phi) is 15.3. The summed E-state index contributed by atoms with van der Waals surface area (Å²) >= 11 is 0. The number of hydrogen-bond acceptors (Lipinski definition) is 8. The Bertz CT molecular complexity index is 1020. The lowest BCUT2D eigenvalue weighted by Crippen LogP contribution is -2.57. The fraction of sp³-hybridized carbons (Fsp3) is 0.520. The zero-order valence-electron chi connectivity index (χ0n) is 22.3. The highest BCUT2D eigenvalue weighted by molar-refractivity contribution is 5.95. The van der Waals surface area contributed by atoms with Gasteiger partial charge in [0.15, 0.2) is 5.96 Å². The van der Waals surface area contributed by atoms with E-state index in [1.165, 1.54) is 0 Å². The summed E-state index contributed by atoms with van der Waals surface area (Å²) in [5, 5.41) is 26.1. The van der Waals surface area contributed by atoms with E-state index in [9.17, 15) is 34.2 Å². The number of aliphatic imine (C=N–C) groups is 1. The number of nitrogens with zero attached hydrogens (tertiary/aromatic N) is 1. The molecule has 0 saturated heterocycles. The molecule has 0 fully saturated rings. The van der Waals surface area contributed by atoms with Gasteiger partial charge in [-0.2, -0.15) is 0 Å². The summed E-state index contributed by atoms with van der Waals surface area (Å²) in [6.45, 7) is 0.552. The van der Waals surface area contributed by atoms with Crippen LogP contribution in [0.4, 0.5) is 0 Å². The number of carboxylic acid groups (broad SMARTS) is 2. The summed E-state index contributed by atoms with van der Waals surface area (Å²) in [7, 11) is 0. The lowest BCUT2D eigenvalue weighted by molar-refractivity contribution is -0.143. The van der Waals surface area contributed by atoms with E-state index < -0.39 is 60.2 Å². The van der Waals surface area contributed by atoms with Crippen LogP contribution in [-0.4, -0.2) is 83.1 Å². The molecule has 0 aromatic heterocycles. The van der Waals surface area contributed by atoms with Crippen molar-refractivity contribution in [1.29, 1.82) is 0 Å². The summed E-state index contributed by atoms with van der Waals surface area (Å²) in [6, 6.07) is 3.56. The molecule has 3 amide bonds. The number of amides is 3. The largest absolute Gasteiger partial charge is 0.481 e. The van der Waals surface area contributed by atoms with Gasteiger partial charge >= 0.3 is 11.9 Å². The average Bonchev–Trinajstić information content (AvgIpc) is 2.89. The first-order valence-corrected chi connectivity index (χ1v) is 12.8. The Morgan fingerprint density at radius 2 is 1.40 bits per heavy atom. The predicted molar refractivity (Wildman–Crippen MR) is 147 cm³/mol. The molecule has 15 heteroatoms. The molecule has 1 aromatic carbocycles. The fourth-order valence-corrected chi connectivity index (χ4v) is 3.67. The molecule has 15 nitrogen and oxygen atoms in total. The Hall–Kier alpha value is -4.24. The summed E-state index contributed by atoms with van der Waals surface area (Å²) in [4.78, 5) is 65.7. The molecule has 1 rings (SSSR count). The maximum absolute atomic E-state index is 13.1. The number of hydrogen-bond donors (Lipinski definition) is 9. The Morgan fingerprint density at radius 3 is 1.98 bits per heavy atom. The molecule has 0 aliphatic heterocycles. The van der Waals surface area contributed by atoms with Crippen molar-refractivity contribution in [2.45, 2.75) is 69.1 Å². The smallest absolute Gasteiger partial charge is 0.326 e. The van der Waals surface area contributed by atoms with Gasteiger partial charge in [-0.3, -0.25) is 24.2 Å². The molecule has 4 atom stereocenters. The van der Waals surface area contributed by atoms with E-state index in [1.807, 2.05) is 0 Å². The average molecular weight is 565 g/mol.